The lowest BCUT2D eigenvalue weighted by atomic mass is 10.1. The third-order valence-corrected chi connectivity index (χ3v) is 2.67. The maximum absolute atomic E-state index is 12.1. The van der Waals surface area contributed by atoms with Crippen molar-refractivity contribution in [1.82, 2.24) is 4.98 Å². The number of nitrogens with zero attached hydrogens (tertiary/aromatic N) is 1. The lowest BCUT2D eigenvalue weighted by molar-refractivity contribution is 0.103. The first kappa shape index (κ1) is 13.6. The normalized spacial score (nSPS) is 10.5. The number of hydrogen-bond donors (Lipinski definition) is 0. The van der Waals surface area contributed by atoms with Crippen molar-refractivity contribution in [2.75, 3.05) is 0 Å². The highest BCUT2D eigenvalue weighted by Crippen LogP contribution is 2.16. The van der Waals surface area contributed by atoms with Gasteiger partial charge in [-0.1, -0.05) is 11.6 Å². The second-order valence-electron chi connectivity index (χ2n) is 4.38. The van der Waals surface area contributed by atoms with Gasteiger partial charge >= 0.3 is 0 Å². The molecule has 0 fully saturated rings. The average molecular weight is 276 g/mol. The number of ketones is 1. The van der Waals surface area contributed by atoms with E-state index in [1.165, 1.54) is 6.20 Å². The van der Waals surface area contributed by atoms with Gasteiger partial charge in [0.05, 0.1) is 11.1 Å². The molecule has 0 aliphatic rings. The molecule has 2 rings (SSSR count). The average Bonchev–Trinajstić information content (AvgIpc) is 2.39. The van der Waals surface area contributed by atoms with E-state index in [1.54, 1.807) is 36.4 Å². The second-order valence-corrected chi connectivity index (χ2v) is 4.82. The Balaban J connectivity index is 2.17. The molecule has 0 bridgehead atoms. The monoisotopic (exact) mass is 275 g/mol. The van der Waals surface area contributed by atoms with Crippen molar-refractivity contribution < 1.29 is 9.53 Å². The fourth-order valence-corrected chi connectivity index (χ4v) is 1.73. The minimum absolute atomic E-state index is 0.111. The number of rotatable bonds is 4. The van der Waals surface area contributed by atoms with Gasteiger partial charge in [-0.15, -0.1) is 0 Å². The molecular formula is C15H14ClNO2. The van der Waals surface area contributed by atoms with E-state index in [4.69, 9.17) is 16.3 Å². The van der Waals surface area contributed by atoms with Gasteiger partial charge in [0.25, 0.3) is 0 Å². The van der Waals surface area contributed by atoms with Crippen LogP contribution in [0.1, 0.15) is 29.9 Å². The molecule has 98 valence electrons. The SMILES string of the molecule is CC(C)Oc1ccc(C(=O)c2ccc(Cl)cn2)cc1. The maximum atomic E-state index is 12.1. The Morgan fingerprint density at radius 3 is 2.37 bits per heavy atom. The fraction of sp³-hybridized carbons (Fsp3) is 0.200. The van der Waals surface area contributed by atoms with E-state index in [1.807, 2.05) is 13.8 Å². The second kappa shape index (κ2) is 5.85. The zero-order valence-corrected chi connectivity index (χ0v) is 11.5. The van der Waals surface area contributed by atoms with Crippen LogP contribution in [0.2, 0.25) is 5.02 Å². The van der Waals surface area contributed by atoms with Crippen LogP contribution in [0.5, 0.6) is 5.75 Å². The van der Waals surface area contributed by atoms with E-state index < -0.39 is 0 Å². The maximum Gasteiger partial charge on any atom is 0.211 e. The molecule has 4 heteroatoms. The van der Waals surface area contributed by atoms with Crippen molar-refractivity contribution in [2.24, 2.45) is 0 Å². The molecule has 0 saturated carbocycles. The lowest BCUT2D eigenvalue weighted by Crippen LogP contribution is -2.06. The molecule has 1 aromatic carbocycles. The number of pyridine rings is 1. The topological polar surface area (TPSA) is 39.2 Å². The molecule has 0 radical (unpaired) electrons. The Bertz CT molecular complexity index is 562. The summed E-state index contributed by atoms with van der Waals surface area (Å²) in [5, 5.41) is 0.511. The van der Waals surface area contributed by atoms with E-state index in [0.717, 1.165) is 5.75 Å². The van der Waals surface area contributed by atoms with E-state index >= 15 is 0 Å². The summed E-state index contributed by atoms with van der Waals surface area (Å²) in [7, 11) is 0. The highest BCUT2D eigenvalue weighted by molar-refractivity contribution is 6.30. The third kappa shape index (κ3) is 3.55. The summed E-state index contributed by atoms with van der Waals surface area (Å²) in [4.78, 5) is 16.2. The van der Waals surface area contributed by atoms with Crippen LogP contribution in [0.15, 0.2) is 42.6 Å². The quantitative estimate of drug-likeness (QED) is 0.798. The van der Waals surface area contributed by atoms with Crippen LogP contribution < -0.4 is 4.74 Å². The van der Waals surface area contributed by atoms with Crippen LogP contribution >= 0.6 is 11.6 Å². The van der Waals surface area contributed by atoms with Gasteiger partial charge in [0.1, 0.15) is 11.4 Å². The Labute approximate surface area is 117 Å². The molecule has 0 saturated heterocycles. The molecule has 2 aromatic rings. The number of halogens is 1. The zero-order chi connectivity index (χ0) is 13.8. The number of hydrogen-bond acceptors (Lipinski definition) is 3. The Morgan fingerprint density at radius 2 is 1.84 bits per heavy atom. The number of aromatic nitrogens is 1. The van der Waals surface area contributed by atoms with Gasteiger partial charge in [0.15, 0.2) is 0 Å². The van der Waals surface area contributed by atoms with Gasteiger partial charge in [0.2, 0.25) is 5.78 Å². The number of ether oxygens (including phenoxy) is 1. The summed E-state index contributed by atoms with van der Waals surface area (Å²) in [6.45, 7) is 3.91. The summed E-state index contributed by atoms with van der Waals surface area (Å²) in [6, 6.07) is 10.3. The lowest BCUT2D eigenvalue weighted by Gasteiger charge is -2.09. The molecule has 0 spiro atoms. The van der Waals surface area contributed by atoms with Crippen molar-refractivity contribution in [3.63, 3.8) is 0 Å². The summed E-state index contributed by atoms with van der Waals surface area (Å²) in [5.41, 5.74) is 0.952. The molecule has 0 aliphatic heterocycles. The summed E-state index contributed by atoms with van der Waals surface area (Å²) in [6.07, 6.45) is 1.57. The smallest absolute Gasteiger partial charge is 0.211 e. The highest BCUT2D eigenvalue weighted by atomic mass is 35.5. The van der Waals surface area contributed by atoms with Crippen molar-refractivity contribution in [1.29, 1.82) is 0 Å². The van der Waals surface area contributed by atoms with Crippen molar-refractivity contribution in [2.45, 2.75) is 20.0 Å². The predicted molar refractivity (Wildman–Crippen MR) is 74.9 cm³/mol. The van der Waals surface area contributed by atoms with Gasteiger partial charge in [-0.05, 0) is 50.2 Å². The molecule has 0 atom stereocenters. The molecule has 3 nitrogen and oxygen atoms in total. The van der Waals surface area contributed by atoms with Crippen LogP contribution in [-0.2, 0) is 0 Å². The highest BCUT2D eigenvalue weighted by Gasteiger charge is 2.10. The van der Waals surface area contributed by atoms with Gasteiger partial charge in [-0.3, -0.25) is 9.78 Å². The molecular weight excluding hydrogens is 262 g/mol. The number of benzene rings is 1. The van der Waals surface area contributed by atoms with E-state index in [-0.39, 0.29) is 11.9 Å². The summed E-state index contributed by atoms with van der Waals surface area (Å²) in [5.74, 6) is 0.614. The molecule has 0 N–H and O–H groups in total. The Morgan fingerprint density at radius 1 is 1.16 bits per heavy atom. The van der Waals surface area contributed by atoms with Crippen LogP contribution in [0.25, 0.3) is 0 Å². The van der Waals surface area contributed by atoms with E-state index in [9.17, 15) is 4.79 Å². The molecule has 0 amide bonds. The minimum Gasteiger partial charge on any atom is -0.491 e. The van der Waals surface area contributed by atoms with Crippen molar-refractivity contribution >= 4 is 17.4 Å². The fourth-order valence-electron chi connectivity index (χ4n) is 1.62. The summed E-state index contributed by atoms with van der Waals surface area (Å²) < 4.78 is 5.53. The van der Waals surface area contributed by atoms with Crippen LogP contribution in [0.3, 0.4) is 0 Å². The van der Waals surface area contributed by atoms with E-state index in [2.05, 4.69) is 4.98 Å². The summed E-state index contributed by atoms with van der Waals surface area (Å²) >= 11 is 5.74. The molecule has 19 heavy (non-hydrogen) atoms. The third-order valence-electron chi connectivity index (χ3n) is 2.45. The Kier molecular flexibility index (Phi) is 4.17. The van der Waals surface area contributed by atoms with Crippen molar-refractivity contribution in [3.8, 4) is 5.75 Å². The largest absolute Gasteiger partial charge is 0.491 e. The van der Waals surface area contributed by atoms with Gasteiger partial charge in [0, 0.05) is 11.8 Å². The number of carbonyl (C=O) groups excluding carboxylic acids is 1. The van der Waals surface area contributed by atoms with E-state index in [0.29, 0.717) is 16.3 Å². The zero-order valence-electron chi connectivity index (χ0n) is 10.8. The molecule has 1 aromatic heterocycles. The molecule has 0 unspecified atom stereocenters. The minimum atomic E-state index is -0.132. The first-order chi connectivity index (χ1) is 9.06. The number of carbonyl (C=O) groups is 1. The van der Waals surface area contributed by atoms with Crippen LogP contribution in [0, 0.1) is 0 Å². The molecule has 1 heterocycles. The first-order valence-corrected chi connectivity index (χ1v) is 6.37. The predicted octanol–water partition coefficient (Wildman–Crippen LogP) is 3.75. The Hall–Kier alpha value is -1.87. The standard InChI is InChI=1S/C15H14ClNO2/c1-10(2)19-13-6-3-11(4-7-13)15(18)14-8-5-12(16)9-17-14/h3-10H,1-2H3. The van der Waals surface area contributed by atoms with Gasteiger partial charge < -0.3 is 4.74 Å². The van der Waals surface area contributed by atoms with Crippen LogP contribution in [0.4, 0.5) is 0 Å². The first-order valence-electron chi connectivity index (χ1n) is 5.99. The van der Waals surface area contributed by atoms with Crippen LogP contribution in [-0.4, -0.2) is 16.9 Å². The van der Waals surface area contributed by atoms with Gasteiger partial charge in [-0.25, -0.2) is 0 Å². The molecule has 0 aliphatic carbocycles. The van der Waals surface area contributed by atoms with Crippen molar-refractivity contribution in [3.05, 3.63) is 58.9 Å². The van der Waals surface area contributed by atoms with Gasteiger partial charge in [-0.2, -0.15) is 0 Å².